The Morgan fingerprint density at radius 1 is 1.03 bits per heavy atom. The number of piperazine rings is 1. The third-order valence-corrected chi connectivity index (χ3v) is 21.3. The molecule has 1 aromatic carbocycles. The highest BCUT2D eigenvalue weighted by Gasteiger charge is 2.48. The number of likely N-dealkylation sites (N-methyl/N-ethyl adjacent to an activating group) is 1. The number of hydrogen-bond acceptors (Lipinski definition) is 20. The van der Waals surface area contributed by atoms with Crippen LogP contribution in [0.25, 0.3) is 33.4 Å². The summed E-state index contributed by atoms with van der Waals surface area (Å²) in [5, 5.41) is 19.5. The normalized spacial score (nSPS) is 24.2. The van der Waals surface area contributed by atoms with Crippen molar-refractivity contribution in [3.05, 3.63) is 80.8 Å². The number of aliphatic hydroxyl groups excluding tert-OH is 1. The molecule has 472 valence electrons. The first-order chi connectivity index (χ1) is 42.2. The van der Waals surface area contributed by atoms with Crippen molar-refractivity contribution >= 4 is 80.7 Å². The van der Waals surface area contributed by atoms with Crippen LogP contribution in [0.1, 0.15) is 107 Å². The molecule has 1 aliphatic carbocycles. The van der Waals surface area contributed by atoms with Crippen LogP contribution in [0.2, 0.25) is 5.02 Å². The van der Waals surface area contributed by atoms with Gasteiger partial charge in [-0.2, -0.15) is 0 Å². The van der Waals surface area contributed by atoms with Gasteiger partial charge in [0.05, 0.1) is 76.7 Å². The Hall–Kier alpha value is -6.02. The van der Waals surface area contributed by atoms with Crippen molar-refractivity contribution in [2.24, 2.45) is 28.4 Å². The molecule has 5 aliphatic heterocycles. The molecule has 12 rings (SSSR count). The van der Waals surface area contributed by atoms with Gasteiger partial charge >= 0.3 is 5.97 Å². The molecule has 4 saturated heterocycles. The van der Waals surface area contributed by atoms with Crippen molar-refractivity contribution < 1.29 is 33.7 Å². The number of aromatic nitrogens is 6. The Morgan fingerprint density at radius 3 is 2.49 bits per heavy atom. The van der Waals surface area contributed by atoms with Gasteiger partial charge in [0, 0.05) is 127 Å². The number of carbonyl (C=O) groups excluding carboxylic acids is 3. The topological polar surface area (TPSA) is 258 Å². The maximum Gasteiger partial charge on any atom is 0.324 e. The highest BCUT2D eigenvalue weighted by atomic mass is 35.5. The number of cyclic esters (lactones) is 1. The number of methoxy groups -OCH3 is 1. The van der Waals surface area contributed by atoms with Crippen LogP contribution in [0.5, 0.6) is 0 Å². The SMILES string of the molecule is CCn1c(-c2cc(N3CCN(C)CC3)cnc2C(C)OC)c2c3cc(ccc31)-c1csc(n1)CC(NC(=O)C1CC1C)C(=O)N1CCCC(N1)C(=O)OCC(C)(C)C2.Cc1nc(N2CCC3(CC2)COC(C)C3N)c(CO)nc1Sc1ccnc(N)c1Cl. The number of fused-ring (bicyclic) bond motifs is 6. The number of piperidine rings is 1. The summed E-state index contributed by atoms with van der Waals surface area (Å²) in [6.45, 7) is 21.8. The minimum atomic E-state index is -0.825. The second-order valence-corrected chi connectivity index (χ2v) is 28.0. The number of rotatable bonds is 11. The molecular weight excluding hydrogens is 1180 g/mol. The number of nitrogens with one attached hydrogen (secondary N) is 2. The lowest BCUT2D eigenvalue weighted by Gasteiger charge is -2.42. The molecule has 6 bridgehead atoms. The van der Waals surface area contributed by atoms with Gasteiger partial charge in [-0.15, -0.1) is 11.3 Å². The molecule has 24 heteroatoms. The summed E-state index contributed by atoms with van der Waals surface area (Å²) in [4.78, 5) is 72.5. The standard InChI is InChI=1S/C44H58N8O5S.C20H27ClN6O2S/c1-8-51-37-12-11-28-19-31(37)33(40(51)32-20-29(23-45-39(32)27(3)56-7)50-16-14-49(6)15-17-50)22-44(4,5)25-57-43(55)34-10-9-13-52(48-34)42(54)35(21-38-46-36(28)24-58-38)47-41(53)30-18-26(30)2;1-11-19(30-14-3-6-24-17(23)15(14)21)26-13(9-28)18(25-11)27-7-4-20(5-8-27)10-29-12(2)16(20)22/h11-12,19-20,23-24,26-27,30,34-35,48H,8-10,13-18,21-22,25H2,1-7H3,(H,47,53);3,6,12,16,28H,4-5,7-10,22H2,1-2H3,(H2,23,24). The average molecular weight is 1260 g/mol. The molecule has 7 atom stereocenters. The summed E-state index contributed by atoms with van der Waals surface area (Å²) < 4.78 is 20.3. The fraction of sp³-hybridized carbons (Fsp3) is 0.562. The van der Waals surface area contributed by atoms with Gasteiger partial charge in [0.15, 0.2) is 5.82 Å². The van der Waals surface area contributed by atoms with Crippen molar-refractivity contribution in [3.8, 4) is 22.5 Å². The Balaban J connectivity index is 0.000000223. The number of thiazole rings is 1. The molecular formula is C64H85ClN14O7S2. The molecule has 21 nitrogen and oxygen atoms in total. The van der Waals surface area contributed by atoms with Gasteiger partial charge in [0.25, 0.3) is 5.91 Å². The van der Waals surface area contributed by atoms with Gasteiger partial charge in [0.1, 0.15) is 28.6 Å². The van der Waals surface area contributed by atoms with E-state index in [1.807, 2.05) is 39.3 Å². The summed E-state index contributed by atoms with van der Waals surface area (Å²) in [7, 11) is 3.89. The van der Waals surface area contributed by atoms with Crippen LogP contribution in [0.3, 0.4) is 0 Å². The monoisotopic (exact) mass is 1260 g/mol. The number of amides is 2. The number of nitrogen functional groups attached to an aromatic ring is 1. The molecule has 6 aliphatic rings. The van der Waals surface area contributed by atoms with Crippen LogP contribution >= 0.6 is 34.7 Å². The summed E-state index contributed by atoms with van der Waals surface area (Å²) in [6, 6.07) is 9.18. The molecule has 6 aromatic rings. The highest BCUT2D eigenvalue weighted by Crippen LogP contribution is 2.46. The maximum absolute atomic E-state index is 14.1. The Labute approximate surface area is 529 Å². The van der Waals surface area contributed by atoms with E-state index in [1.165, 1.54) is 28.1 Å². The Morgan fingerprint density at radius 2 is 1.80 bits per heavy atom. The molecule has 5 aromatic heterocycles. The van der Waals surface area contributed by atoms with Gasteiger partial charge in [-0.25, -0.2) is 25.4 Å². The van der Waals surface area contributed by atoms with E-state index in [9.17, 15) is 19.5 Å². The zero-order valence-corrected chi connectivity index (χ0v) is 54.5. The van der Waals surface area contributed by atoms with E-state index < -0.39 is 17.5 Å². The van der Waals surface area contributed by atoms with Crippen LogP contribution < -0.4 is 32.0 Å². The Bertz CT molecular complexity index is 3550. The third-order valence-electron chi connectivity index (χ3n) is 18.8. The Kier molecular flexibility index (Phi) is 19.1. The first kappa shape index (κ1) is 63.5. The van der Waals surface area contributed by atoms with E-state index in [0.29, 0.717) is 54.1 Å². The van der Waals surface area contributed by atoms with Gasteiger partial charge < -0.3 is 55.4 Å². The summed E-state index contributed by atoms with van der Waals surface area (Å²) in [6.07, 6.45) is 8.18. The number of hydrazine groups is 1. The largest absolute Gasteiger partial charge is 0.464 e. The lowest BCUT2D eigenvalue weighted by molar-refractivity contribution is -0.155. The van der Waals surface area contributed by atoms with Crippen LogP contribution in [-0.2, 0) is 54.6 Å². The van der Waals surface area contributed by atoms with E-state index in [1.54, 1.807) is 19.4 Å². The number of benzene rings is 1. The zero-order valence-electron chi connectivity index (χ0n) is 52.1. The highest BCUT2D eigenvalue weighted by molar-refractivity contribution is 7.99. The summed E-state index contributed by atoms with van der Waals surface area (Å²) in [5.74, 6) is 0.446. The first-order valence-corrected chi connectivity index (χ1v) is 33.0. The minimum absolute atomic E-state index is 0.0333. The number of ether oxygens (including phenoxy) is 3. The fourth-order valence-electron chi connectivity index (χ4n) is 13.0. The quantitative estimate of drug-likeness (QED) is 0.0770. The van der Waals surface area contributed by atoms with Crippen LogP contribution in [-0.4, -0.2) is 160 Å². The predicted molar refractivity (Wildman–Crippen MR) is 344 cm³/mol. The number of aliphatic hydroxyl groups is 1. The molecule has 0 radical (unpaired) electrons. The van der Waals surface area contributed by atoms with E-state index in [2.05, 4.69) is 92.1 Å². The van der Waals surface area contributed by atoms with Gasteiger partial charge in [-0.3, -0.25) is 24.4 Å². The van der Waals surface area contributed by atoms with E-state index in [-0.39, 0.29) is 72.8 Å². The van der Waals surface area contributed by atoms with Crippen molar-refractivity contribution in [1.29, 1.82) is 0 Å². The second-order valence-electron chi connectivity index (χ2n) is 25.6. The summed E-state index contributed by atoms with van der Waals surface area (Å²) >= 11 is 9.13. The number of carbonyl (C=O) groups is 3. The number of halogens is 1. The van der Waals surface area contributed by atoms with E-state index >= 15 is 0 Å². The molecule has 5 fully saturated rings. The van der Waals surface area contributed by atoms with E-state index in [4.69, 9.17) is 52.2 Å². The van der Waals surface area contributed by atoms with Gasteiger partial charge in [-0.1, -0.05) is 50.2 Å². The molecule has 10 heterocycles. The number of esters is 1. The number of anilines is 3. The smallest absolute Gasteiger partial charge is 0.324 e. The predicted octanol–water partition coefficient (Wildman–Crippen LogP) is 8.00. The molecule has 2 amide bonds. The number of nitrogens with zero attached hydrogens (tertiary/aromatic N) is 10. The number of pyridine rings is 2. The molecule has 1 saturated carbocycles. The van der Waals surface area contributed by atoms with Crippen molar-refractivity contribution in [3.63, 3.8) is 0 Å². The zero-order chi connectivity index (χ0) is 62.3. The molecule has 7 unspecified atom stereocenters. The van der Waals surface area contributed by atoms with E-state index in [0.717, 1.165) is 137 Å². The number of aryl methyl sites for hydroxylation is 2. The van der Waals surface area contributed by atoms with Crippen molar-refractivity contribution in [2.75, 3.05) is 88.7 Å². The average Bonchev–Trinajstić information content (AvgIpc) is 1.87. The lowest BCUT2D eigenvalue weighted by Crippen LogP contribution is -2.60. The van der Waals surface area contributed by atoms with Gasteiger partial charge in [0.2, 0.25) is 5.91 Å². The summed E-state index contributed by atoms with van der Waals surface area (Å²) in [5.41, 5.74) is 24.4. The van der Waals surface area contributed by atoms with Crippen molar-refractivity contribution in [1.82, 2.24) is 50.1 Å². The van der Waals surface area contributed by atoms with Crippen LogP contribution in [0, 0.1) is 29.6 Å². The number of nitrogens with two attached hydrogens (primary N) is 2. The third kappa shape index (κ3) is 13.3. The lowest BCUT2D eigenvalue weighted by atomic mass is 9.73. The molecule has 1 spiro atoms. The van der Waals surface area contributed by atoms with Crippen molar-refractivity contribution in [2.45, 2.75) is 147 Å². The molecule has 88 heavy (non-hydrogen) atoms. The maximum atomic E-state index is 14.1. The van der Waals surface area contributed by atoms with Gasteiger partial charge in [-0.05, 0) is 109 Å². The fourth-order valence-corrected chi connectivity index (χ4v) is 15.0. The number of hydrogen-bond donors (Lipinski definition) is 5. The minimum Gasteiger partial charge on any atom is -0.464 e. The molecule has 7 N–H and O–H groups in total. The second kappa shape index (κ2) is 26.4. The van der Waals surface area contributed by atoms with Crippen LogP contribution in [0.15, 0.2) is 58.0 Å². The van der Waals surface area contributed by atoms with Crippen LogP contribution in [0.4, 0.5) is 17.3 Å². The first-order valence-electron chi connectivity index (χ1n) is 31.0.